The first-order valence-electron chi connectivity index (χ1n) is 5.92. The monoisotopic (exact) mass is 267 g/mol. The lowest BCUT2D eigenvalue weighted by atomic mass is 9.86. The summed E-state index contributed by atoms with van der Waals surface area (Å²) in [5.41, 5.74) is 5.13. The number of halogens is 2. The number of nitrogens with two attached hydrogens (primary N) is 1. The second-order valence-electron chi connectivity index (χ2n) is 5.02. The third kappa shape index (κ3) is 6.70. The largest absolute Gasteiger partial charge is 0.409 e. The van der Waals surface area contributed by atoms with E-state index in [2.05, 4.69) is 10.5 Å². The Balaban J connectivity index is 3.70. The number of unbranched alkanes of at least 4 members (excludes halogenated alkanes) is 1. The van der Waals surface area contributed by atoms with Crippen LogP contribution in [0.15, 0.2) is 5.16 Å². The van der Waals surface area contributed by atoms with Crippen LogP contribution in [-0.2, 0) is 0 Å². The van der Waals surface area contributed by atoms with Gasteiger partial charge in [-0.3, -0.25) is 0 Å². The van der Waals surface area contributed by atoms with E-state index < -0.39 is 24.5 Å². The summed E-state index contributed by atoms with van der Waals surface area (Å²) in [6.07, 6.45) is 2.20. The van der Waals surface area contributed by atoms with Gasteiger partial charge < -0.3 is 21.4 Å². The molecule has 0 amide bonds. The molecule has 0 aliphatic heterocycles. The number of nitrogens with one attached hydrogen (secondary N) is 1. The number of rotatable bonds is 9. The molecule has 0 aromatic carbocycles. The van der Waals surface area contributed by atoms with Gasteiger partial charge in [-0.1, -0.05) is 25.4 Å². The van der Waals surface area contributed by atoms with Gasteiger partial charge >= 0.3 is 0 Å². The molecular weight excluding hydrogens is 244 g/mol. The van der Waals surface area contributed by atoms with Crippen molar-refractivity contribution < 1.29 is 19.1 Å². The minimum atomic E-state index is -3.06. The summed E-state index contributed by atoms with van der Waals surface area (Å²) in [5.74, 6) is -2.89. The summed E-state index contributed by atoms with van der Waals surface area (Å²) in [6.45, 7) is 2.50. The molecule has 0 unspecified atom stereocenters. The highest BCUT2D eigenvalue weighted by Crippen LogP contribution is 2.23. The molecule has 5 N–H and O–H groups in total. The number of nitrogens with zero attached hydrogens (tertiary/aromatic N) is 1. The summed E-state index contributed by atoms with van der Waals surface area (Å²) in [5, 5.41) is 22.5. The molecule has 108 valence electrons. The highest BCUT2D eigenvalue weighted by atomic mass is 19.3. The molecule has 0 aromatic heterocycles. The van der Waals surface area contributed by atoms with E-state index in [0.717, 1.165) is 6.42 Å². The quantitative estimate of drug-likeness (QED) is 0.166. The van der Waals surface area contributed by atoms with Gasteiger partial charge in [-0.05, 0) is 19.4 Å². The molecule has 0 fully saturated rings. The molecule has 0 radical (unpaired) electrons. The number of aliphatic hydroxyl groups is 1. The minimum Gasteiger partial charge on any atom is -0.409 e. The molecule has 0 saturated heterocycles. The van der Waals surface area contributed by atoms with E-state index in [1.807, 2.05) is 13.8 Å². The normalized spacial score (nSPS) is 13.9. The fourth-order valence-corrected chi connectivity index (χ4v) is 1.41. The van der Waals surface area contributed by atoms with Crippen molar-refractivity contribution in [1.29, 1.82) is 0 Å². The van der Waals surface area contributed by atoms with Crippen LogP contribution in [0, 0.1) is 5.41 Å². The van der Waals surface area contributed by atoms with Crippen LogP contribution in [0.1, 0.15) is 33.1 Å². The van der Waals surface area contributed by atoms with Gasteiger partial charge in [0.15, 0.2) is 0 Å². The molecule has 0 bridgehead atoms. The average molecular weight is 267 g/mol. The molecule has 0 aliphatic rings. The summed E-state index contributed by atoms with van der Waals surface area (Å²) in [7, 11) is 0. The molecular formula is C11H23F2N3O2. The van der Waals surface area contributed by atoms with Gasteiger partial charge in [-0.25, -0.2) is 8.78 Å². The molecule has 0 saturated carbocycles. The Morgan fingerprint density at radius 1 is 1.33 bits per heavy atom. The summed E-state index contributed by atoms with van der Waals surface area (Å²) < 4.78 is 25.3. The number of alkyl halides is 2. The van der Waals surface area contributed by atoms with Crippen molar-refractivity contribution in [2.75, 3.05) is 19.7 Å². The highest BCUT2D eigenvalue weighted by Gasteiger charge is 2.26. The lowest BCUT2D eigenvalue weighted by Crippen LogP contribution is -2.36. The average Bonchev–Trinajstić information content (AvgIpc) is 2.32. The van der Waals surface area contributed by atoms with E-state index in [0.29, 0.717) is 19.4 Å². The van der Waals surface area contributed by atoms with Crippen molar-refractivity contribution in [2.24, 2.45) is 16.3 Å². The molecule has 0 heterocycles. The molecule has 18 heavy (non-hydrogen) atoms. The highest BCUT2D eigenvalue weighted by molar-refractivity contribution is 5.85. The molecule has 0 aliphatic carbocycles. The van der Waals surface area contributed by atoms with Crippen LogP contribution in [0.4, 0.5) is 8.78 Å². The Morgan fingerprint density at radius 3 is 2.44 bits per heavy atom. The molecule has 5 nitrogen and oxygen atoms in total. The zero-order chi connectivity index (χ0) is 14.2. The number of oxime groups is 1. The maximum atomic E-state index is 12.6. The summed E-state index contributed by atoms with van der Waals surface area (Å²) in [4.78, 5) is 0. The third-order valence-corrected chi connectivity index (χ3v) is 2.82. The van der Waals surface area contributed by atoms with Crippen molar-refractivity contribution in [3.63, 3.8) is 0 Å². The van der Waals surface area contributed by atoms with Crippen LogP contribution in [0.5, 0.6) is 0 Å². The lowest BCUT2D eigenvalue weighted by Gasteiger charge is -2.22. The Kier molecular flexibility index (Phi) is 7.08. The number of hydrogen-bond donors (Lipinski definition) is 4. The smallest absolute Gasteiger partial charge is 0.282 e. The predicted molar refractivity (Wildman–Crippen MR) is 65.9 cm³/mol. The van der Waals surface area contributed by atoms with Gasteiger partial charge in [-0.2, -0.15) is 0 Å². The molecule has 0 spiro atoms. The summed E-state index contributed by atoms with van der Waals surface area (Å²) >= 11 is 0. The lowest BCUT2D eigenvalue weighted by molar-refractivity contribution is -0.0474. The number of aliphatic hydroxyl groups excluding tert-OH is 1. The minimum absolute atomic E-state index is 0.169. The van der Waals surface area contributed by atoms with Crippen molar-refractivity contribution in [3.8, 4) is 0 Å². The first kappa shape index (κ1) is 17.1. The Labute approximate surface area is 106 Å². The van der Waals surface area contributed by atoms with Crippen LogP contribution < -0.4 is 11.1 Å². The second kappa shape index (κ2) is 7.48. The van der Waals surface area contributed by atoms with Crippen LogP contribution in [0.3, 0.4) is 0 Å². The Morgan fingerprint density at radius 2 is 1.94 bits per heavy atom. The second-order valence-corrected chi connectivity index (χ2v) is 5.02. The maximum absolute atomic E-state index is 12.6. The summed E-state index contributed by atoms with van der Waals surface area (Å²) in [6, 6.07) is 0. The van der Waals surface area contributed by atoms with Crippen LogP contribution in [0.2, 0.25) is 0 Å². The van der Waals surface area contributed by atoms with E-state index >= 15 is 0 Å². The first-order chi connectivity index (χ1) is 8.25. The maximum Gasteiger partial charge on any atom is 0.282 e. The van der Waals surface area contributed by atoms with E-state index in [4.69, 9.17) is 16.0 Å². The SMILES string of the molecule is CC(C)(CCCCNCC(F)(F)CO)C(N)=NO. The van der Waals surface area contributed by atoms with Gasteiger partial charge in [0.2, 0.25) is 0 Å². The topological polar surface area (TPSA) is 90.9 Å². The predicted octanol–water partition coefficient (Wildman–Crippen LogP) is 1.15. The van der Waals surface area contributed by atoms with E-state index in [1.54, 1.807) is 0 Å². The van der Waals surface area contributed by atoms with Crippen molar-refractivity contribution in [2.45, 2.75) is 39.0 Å². The fraction of sp³-hybridized carbons (Fsp3) is 0.909. The molecule has 0 aromatic rings. The standard InChI is InChI=1S/C11H23F2N3O2/c1-10(2,9(14)16-18)5-3-4-6-15-7-11(12,13)8-17/h15,17-18H,3-8H2,1-2H3,(H2,14,16). The molecule has 0 atom stereocenters. The third-order valence-electron chi connectivity index (χ3n) is 2.82. The van der Waals surface area contributed by atoms with Gasteiger partial charge in [0, 0.05) is 5.41 Å². The van der Waals surface area contributed by atoms with Crippen LogP contribution in [-0.4, -0.2) is 41.8 Å². The number of amidine groups is 1. The fourth-order valence-electron chi connectivity index (χ4n) is 1.41. The van der Waals surface area contributed by atoms with E-state index in [9.17, 15) is 8.78 Å². The molecule has 7 heteroatoms. The van der Waals surface area contributed by atoms with Gasteiger partial charge in [0.05, 0.1) is 6.54 Å². The van der Waals surface area contributed by atoms with Crippen LogP contribution >= 0.6 is 0 Å². The van der Waals surface area contributed by atoms with Gasteiger partial charge in [-0.15, -0.1) is 0 Å². The first-order valence-corrected chi connectivity index (χ1v) is 5.92. The zero-order valence-electron chi connectivity index (χ0n) is 10.9. The Bertz CT molecular complexity index is 271. The van der Waals surface area contributed by atoms with Gasteiger partial charge in [0.1, 0.15) is 12.4 Å². The number of hydrogen-bond acceptors (Lipinski definition) is 4. The van der Waals surface area contributed by atoms with Crippen LogP contribution in [0.25, 0.3) is 0 Å². The zero-order valence-corrected chi connectivity index (χ0v) is 10.9. The van der Waals surface area contributed by atoms with Crippen molar-refractivity contribution in [3.05, 3.63) is 0 Å². The van der Waals surface area contributed by atoms with E-state index in [-0.39, 0.29) is 5.84 Å². The van der Waals surface area contributed by atoms with Crippen molar-refractivity contribution in [1.82, 2.24) is 5.32 Å². The van der Waals surface area contributed by atoms with Crippen molar-refractivity contribution >= 4 is 5.84 Å². The Hall–Kier alpha value is -0.950. The molecule has 0 rings (SSSR count). The van der Waals surface area contributed by atoms with E-state index in [1.165, 1.54) is 0 Å². The van der Waals surface area contributed by atoms with Gasteiger partial charge in [0.25, 0.3) is 5.92 Å².